The molecule has 302 valence electrons. The van der Waals surface area contributed by atoms with Gasteiger partial charge in [-0.2, -0.15) is 0 Å². The van der Waals surface area contributed by atoms with Gasteiger partial charge in [0.2, 0.25) is 11.8 Å². The smallest absolute Gasteiger partial charge is 0.223 e. The van der Waals surface area contributed by atoms with Crippen LogP contribution in [0.4, 0.5) is 0 Å². The summed E-state index contributed by atoms with van der Waals surface area (Å²) in [4.78, 5) is 48.7. The van der Waals surface area contributed by atoms with Crippen LogP contribution in [0.15, 0.2) is 36.7 Å². The second kappa shape index (κ2) is 12.4. The van der Waals surface area contributed by atoms with Gasteiger partial charge in [-0.05, 0) is 115 Å². The SMILES string of the molecule is CC1CC2CC(=O)N3C(c4ncc(-c5cc6c7c(c5)OCc5cc(-c8cnc(C9CCC%10N9C(=O)CC9CC(C)O[C@]%10(C)C9)[nH]8)cc(c5-7)OC6)[nH]4)CC[C@@H]3C(C)(C2)O1. The summed E-state index contributed by atoms with van der Waals surface area (Å²) in [5, 5.41) is 0. The maximum absolute atomic E-state index is 13.7. The van der Waals surface area contributed by atoms with E-state index in [1.165, 1.54) is 0 Å². The van der Waals surface area contributed by atoms with Gasteiger partial charge < -0.3 is 38.7 Å². The fourth-order valence-electron chi connectivity index (χ4n) is 13.2. The van der Waals surface area contributed by atoms with Gasteiger partial charge in [0.1, 0.15) is 36.4 Å². The van der Waals surface area contributed by atoms with Crippen LogP contribution in [-0.2, 0) is 32.3 Å². The number of hydrogen-bond acceptors (Lipinski definition) is 8. The van der Waals surface area contributed by atoms with Gasteiger partial charge in [-0.1, -0.05) is 0 Å². The molecule has 8 aliphatic rings. The first-order valence-electron chi connectivity index (χ1n) is 21.7. The van der Waals surface area contributed by atoms with Crippen molar-refractivity contribution >= 4 is 11.8 Å². The Hall–Kier alpha value is -4.68. The first-order chi connectivity index (χ1) is 28.0. The summed E-state index contributed by atoms with van der Waals surface area (Å²) in [7, 11) is 0. The summed E-state index contributed by atoms with van der Waals surface area (Å²) in [5.74, 6) is 4.52. The second-order valence-corrected chi connectivity index (χ2v) is 19.3. The number of ether oxygens (including phenoxy) is 4. The molecule has 4 aromatic rings. The van der Waals surface area contributed by atoms with Crippen LogP contribution in [0.25, 0.3) is 33.6 Å². The average Bonchev–Trinajstić information content (AvgIpc) is 4.00. The molecule has 58 heavy (non-hydrogen) atoms. The molecule has 12 rings (SSSR count). The Bertz CT molecular complexity index is 2170. The highest BCUT2D eigenvalue weighted by atomic mass is 16.5. The van der Waals surface area contributed by atoms with Crippen molar-refractivity contribution in [3.8, 4) is 45.1 Å². The number of nitrogens with one attached hydrogen (secondary N) is 2. The number of carbonyl (C=O) groups excluding carboxylic acids is 2. The molecule has 0 aliphatic carbocycles. The van der Waals surface area contributed by atoms with Crippen molar-refractivity contribution in [1.82, 2.24) is 29.7 Å². The highest BCUT2D eigenvalue weighted by molar-refractivity contribution is 5.88. The number of aromatic amines is 2. The number of hydrogen-bond donors (Lipinski definition) is 2. The van der Waals surface area contributed by atoms with Crippen LogP contribution in [0.3, 0.4) is 0 Å². The van der Waals surface area contributed by atoms with Gasteiger partial charge in [-0.15, -0.1) is 0 Å². The van der Waals surface area contributed by atoms with Crippen LogP contribution >= 0.6 is 0 Å². The van der Waals surface area contributed by atoms with E-state index in [0.29, 0.717) is 37.9 Å². The lowest BCUT2D eigenvalue weighted by Crippen LogP contribution is -2.53. The Morgan fingerprint density at radius 3 is 1.55 bits per heavy atom. The number of amides is 2. The van der Waals surface area contributed by atoms with Crippen LogP contribution < -0.4 is 9.47 Å². The van der Waals surface area contributed by atoms with Crippen LogP contribution in [0.1, 0.15) is 127 Å². The van der Waals surface area contributed by atoms with E-state index in [9.17, 15) is 9.59 Å². The normalized spacial score (nSPS) is 35.7. The van der Waals surface area contributed by atoms with Crippen molar-refractivity contribution in [2.24, 2.45) is 11.8 Å². The lowest BCUT2D eigenvalue weighted by atomic mass is 9.80. The molecular formula is C46H52N6O6. The molecule has 8 aliphatic heterocycles. The Kier molecular flexibility index (Phi) is 7.56. The van der Waals surface area contributed by atoms with Gasteiger partial charge >= 0.3 is 0 Å². The molecule has 12 nitrogen and oxygen atoms in total. The number of carbonyl (C=O) groups is 2. The van der Waals surface area contributed by atoms with Crippen molar-refractivity contribution in [1.29, 1.82) is 0 Å². The second-order valence-electron chi connectivity index (χ2n) is 19.3. The van der Waals surface area contributed by atoms with Crippen LogP contribution in [-0.4, -0.2) is 77.0 Å². The molecule has 8 unspecified atom stereocenters. The number of rotatable bonds is 4. The molecule has 2 amide bonds. The topological polar surface area (TPSA) is 135 Å². The fourth-order valence-corrected chi connectivity index (χ4v) is 13.2. The van der Waals surface area contributed by atoms with E-state index in [4.69, 9.17) is 28.9 Å². The van der Waals surface area contributed by atoms with Crippen LogP contribution in [0.5, 0.6) is 11.5 Å². The van der Waals surface area contributed by atoms with E-state index in [0.717, 1.165) is 119 Å². The molecule has 4 bridgehead atoms. The zero-order valence-corrected chi connectivity index (χ0v) is 33.8. The minimum Gasteiger partial charge on any atom is -0.488 e. The van der Waals surface area contributed by atoms with Crippen molar-refractivity contribution in [3.63, 3.8) is 0 Å². The standard InChI is InChI=1S/C46H52N6O6/c1-23-9-25-11-39(53)51-33(5-7-37(51)45(3,17-25)57-23)43-47-19-31(49-43)27-13-29-21-56-36-16-28(14-30-22-55-35(15-27)41(29)42(30)36)32-20-48-44(50-32)34-6-8-38-46(4)18-26(10-24(2)58-46)12-40(54)52(34)38/h13-16,19-20,23-26,33-34,37-38H,5-12,17-18,21-22H2,1-4H3,(H,47,49)(H,48,50)/t23?,24?,25?,26?,33?,34?,37-,38?,45?,46-/m1/s1. The molecule has 6 saturated heterocycles. The average molecular weight is 785 g/mol. The van der Waals surface area contributed by atoms with Crippen molar-refractivity contribution in [2.45, 2.75) is 153 Å². The van der Waals surface area contributed by atoms with Gasteiger partial charge in [0.15, 0.2) is 0 Å². The van der Waals surface area contributed by atoms with Gasteiger partial charge in [0.25, 0.3) is 0 Å². The van der Waals surface area contributed by atoms with E-state index >= 15 is 0 Å². The van der Waals surface area contributed by atoms with Gasteiger partial charge in [-0.25, -0.2) is 9.97 Å². The summed E-state index contributed by atoms with van der Waals surface area (Å²) in [6, 6.07) is 8.50. The number of benzene rings is 2. The number of aromatic nitrogens is 4. The van der Waals surface area contributed by atoms with Gasteiger partial charge in [-0.3, -0.25) is 9.59 Å². The molecule has 6 fully saturated rings. The minimum absolute atomic E-state index is 0.0585. The highest BCUT2D eigenvalue weighted by Crippen LogP contribution is 2.53. The van der Waals surface area contributed by atoms with E-state index in [1.54, 1.807) is 0 Å². The highest BCUT2D eigenvalue weighted by Gasteiger charge is 2.56. The monoisotopic (exact) mass is 784 g/mol. The van der Waals surface area contributed by atoms with E-state index in [1.807, 2.05) is 12.4 Å². The number of H-pyrrole nitrogens is 2. The summed E-state index contributed by atoms with van der Waals surface area (Å²) in [5.41, 5.74) is 7.41. The zero-order chi connectivity index (χ0) is 39.2. The Morgan fingerprint density at radius 1 is 0.655 bits per heavy atom. The summed E-state index contributed by atoms with van der Waals surface area (Å²) < 4.78 is 26.2. The summed E-state index contributed by atoms with van der Waals surface area (Å²) >= 11 is 0. The van der Waals surface area contributed by atoms with Crippen molar-refractivity contribution in [3.05, 3.63) is 59.4 Å². The molecule has 2 N–H and O–H groups in total. The van der Waals surface area contributed by atoms with Crippen LogP contribution in [0.2, 0.25) is 0 Å². The third-order valence-electron chi connectivity index (χ3n) is 15.2. The Labute approximate surface area is 338 Å². The van der Waals surface area contributed by atoms with E-state index in [2.05, 4.69) is 71.7 Å². The zero-order valence-electron chi connectivity index (χ0n) is 33.8. The fraction of sp³-hybridized carbons (Fsp3) is 0.565. The Morgan fingerprint density at radius 2 is 1.10 bits per heavy atom. The molecular weight excluding hydrogens is 733 g/mol. The van der Waals surface area contributed by atoms with Gasteiger partial charge in [0.05, 0.1) is 71.4 Å². The first-order valence-corrected chi connectivity index (χ1v) is 21.7. The largest absolute Gasteiger partial charge is 0.488 e. The third kappa shape index (κ3) is 5.25. The molecule has 12 heteroatoms. The predicted molar refractivity (Wildman–Crippen MR) is 214 cm³/mol. The molecule has 10 atom stereocenters. The summed E-state index contributed by atoms with van der Waals surface area (Å²) in [6.07, 6.45) is 12.6. The van der Waals surface area contributed by atoms with Crippen molar-refractivity contribution in [2.75, 3.05) is 0 Å². The maximum atomic E-state index is 13.7. The van der Waals surface area contributed by atoms with Gasteiger partial charge in [0, 0.05) is 46.2 Å². The first kappa shape index (κ1) is 35.3. The Balaban J connectivity index is 0.811. The maximum Gasteiger partial charge on any atom is 0.223 e. The number of nitrogens with zero attached hydrogens (tertiary/aromatic N) is 4. The molecule has 2 aromatic heterocycles. The molecule has 0 spiro atoms. The lowest BCUT2D eigenvalue weighted by Gasteiger charge is -2.45. The summed E-state index contributed by atoms with van der Waals surface area (Å²) in [6.45, 7) is 9.55. The van der Waals surface area contributed by atoms with Crippen molar-refractivity contribution < 1.29 is 28.5 Å². The quantitative estimate of drug-likeness (QED) is 0.213. The number of imidazole rings is 2. The molecule has 0 radical (unpaired) electrons. The lowest BCUT2D eigenvalue weighted by molar-refractivity contribution is -0.156. The number of fused-ring (bicyclic) bond motifs is 8. The van der Waals surface area contributed by atoms with E-state index in [-0.39, 0.29) is 59.4 Å². The van der Waals surface area contributed by atoms with Crippen LogP contribution in [0, 0.1) is 11.8 Å². The third-order valence-corrected chi connectivity index (χ3v) is 15.2. The molecule has 2 aromatic carbocycles. The minimum atomic E-state index is -0.324. The molecule has 10 heterocycles. The molecule has 0 saturated carbocycles. The van der Waals surface area contributed by atoms with E-state index < -0.39 is 0 Å². The predicted octanol–water partition coefficient (Wildman–Crippen LogP) is 7.94.